The summed E-state index contributed by atoms with van der Waals surface area (Å²) in [7, 11) is 6.60. The van der Waals surface area contributed by atoms with Gasteiger partial charge in [0, 0.05) is 34.4 Å². The van der Waals surface area contributed by atoms with Gasteiger partial charge in [0.25, 0.3) is 0 Å². The lowest BCUT2D eigenvalue weighted by Gasteiger charge is -2.41. The molecule has 4 N–H and O–H groups in total. The second-order valence-corrected chi connectivity index (χ2v) is 15.9. The first kappa shape index (κ1) is 47.1. The van der Waals surface area contributed by atoms with E-state index < -0.39 is 48.4 Å². The standard InChI is InChI=1S/C41H71N5O8/c1-13-27(6)36(45(10)41(52)34(25(2)3)43-40(51)35(26(4)5)44(9)22-23-47)32(53-11)24-33(48)46-21-17-20-31(46)38(54-12)28(7)39(50)42-29(8)37(49)30-18-15-14-16-19-30/h14-16,18-19,25-29,31-32,34-38,47,49H,13,17,20-24H2,1-12H3,(H,42,50)(H,43,51)/t27-,28+,29+,31-,32+,34-,35-,36-,37+,38+/m0/s1. The zero-order valence-corrected chi connectivity index (χ0v) is 35.0. The second kappa shape index (κ2) is 22.5. The van der Waals surface area contributed by atoms with E-state index in [1.54, 1.807) is 56.9 Å². The number of rotatable bonds is 22. The lowest BCUT2D eigenvalue weighted by Crippen LogP contribution is -2.60. The first-order valence-electron chi connectivity index (χ1n) is 19.7. The van der Waals surface area contributed by atoms with Crippen LogP contribution in [0.5, 0.6) is 0 Å². The van der Waals surface area contributed by atoms with Gasteiger partial charge in [-0.1, -0.05) is 85.2 Å². The van der Waals surface area contributed by atoms with Crippen LogP contribution in [0.15, 0.2) is 30.3 Å². The predicted molar refractivity (Wildman–Crippen MR) is 210 cm³/mol. The zero-order valence-electron chi connectivity index (χ0n) is 35.0. The van der Waals surface area contributed by atoms with Gasteiger partial charge in [0.2, 0.25) is 23.6 Å². The van der Waals surface area contributed by atoms with Crippen molar-refractivity contribution in [1.82, 2.24) is 25.3 Å². The summed E-state index contributed by atoms with van der Waals surface area (Å²) in [4.78, 5) is 60.8. The number of nitrogens with one attached hydrogen (secondary N) is 2. The Morgan fingerprint density at radius 3 is 2.07 bits per heavy atom. The van der Waals surface area contributed by atoms with Gasteiger partial charge in [0.1, 0.15) is 6.04 Å². The summed E-state index contributed by atoms with van der Waals surface area (Å²) in [5, 5.41) is 26.3. The third-order valence-electron chi connectivity index (χ3n) is 11.3. The largest absolute Gasteiger partial charge is 0.395 e. The van der Waals surface area contributed by atoms with Gasteiger partial charge in [0.05, 0.1) is 61.4 Å². The number of likely N-dealkylation sites (tertiary alicyclic amines) is 1. The molecule has 13 nitrogen and oxygen atoms in total. The lowest BCUT2D eigenvalue weighted by molar-refractivity contribution is -0.148. The van der Waals surface area contributed by atoms with Crippen LogP contribution in [0.1, 0.15) is 92.7 Å². The molecule has 1 fully saturated rings. The van der Waals surface area contributed by atoms with E-state index in [0.29, 0.717) is 25.1 Å². The first-order chi connectivity index (χ1) is 25.5. The summed E-state index contributed by atoms with van der Waals surface area (Å²) in [6.45, 7) is 16.0. The van der Waals surface area contributed by atoms with Crippen molar-refractivity contribution in [2.45, 2.75) is 130 Å². The van der Waals surface area contributed by atoms with Crippen LogP contribution in [0.4, 0.5) is 0 Å². The number of methoxy groups -OCH3 is 2. The van der Waals surface area contributed by atoms with Crippen molar-refractivity contribution in [3.63, 3.8) is 0 Å². The fraction of sp³-hybridized carbons (Fsp3) is 0.756. The maximum atomic E-state index is 14.3. The van der Waals surface area contributed by atoms with Gasteiger partial charge in [-0.3, -0.25) is 24.1 Å². The van der Waals surface area contributed by atoms with Crippen LogP contribution in [0.3, 0.4) is 0 Å². The van der Waals surface area contributed by atoms with Crippen LogP contribution < -0.4 is 10.6 Å². The Balaban J connectivity index is 2.26. The molecule has 1 aromatic carbocycles. The van der Waals surface area contributed by atoms with E-state index in [2.05, 4.69) is 10.6 Å². The maximum Gasteiger partial charge on any atom is 0.245 e. The summed E-state index contributed by atoms with van der Waals surface area (Å²) in [5.41, 5.74) is 0.705. The van der Waals surface area contributed by atoms with E-state index in [-0.39, 0.29) is 60.5 Å². The highest BCUT2D eigenvalue weighted by Crippen LogP contribution is 2.30. The number of benzene rings is 1. The topological polar surface area (TPSA) is 161 Å². The van der Waals surface area contributed by atoms with E-state index in [0.717, 1.165) is 12.8 Å². The minimum Gasteiger partial charge on any atom is -0.395 e. The third-order valence-corrected chi connectivity index (χ3v) is 11.3. The van der Waals surface area contributed by atoms with Crippen molar-refractivity contribution in [3.8, 4) is 0 Å². The maximum absolute atomic E-state index is 14.3. The average molecular weight is 762 g/mol. The molecule has 0 saturated carbocycles. The normalized spacial score (nSPS) is 19.8. The zero-order chi connectivity index (χ0) is 40.9. The van der Waals surface area contributed by atoms with Gasteiger partial charge in [-0.05, 0) is 50.1 Å². The van der Waals surface area contributed by atoms with Crippen LogP contribution in [0.2, 0.25) is 0 Å². The number of nitrogens with zero attached hydrogens (tertiary/aromatic N) is 3. The summed E-state index contributed by atoms with van der Waals surface area (Å²) >= 11 is 0. The molecule has 1 heterocycles. The number of carbonyl (C=O) groups is 4. The molecule has 2 rings (SSSR count). The molecule has 0 aromatic heterocycles. The molecule has 13 heteroatoms. The Bertz CT molecular complexity index is 1320. The Morgan fingerprint density at radius 2 is 1.56 bits per heavy atom. The van der Waals surface area contributed by atoms with Crippen LogP contribution in [0.25, 0.3) is 0 Å². The van der Waals surface area contributed by atoms with Crippen molar-refractivity contribution in [2.24, 2.45) is 23.7 Å². The quantitative estimate of drug-likeness (QED) is 0.139. The number of amides is 4. The van der Waals surface area contributed by atoms with Crippen LogP contribution >= 0.6 is 0 Å². The number of hydrogen-bond acceptors (Lipinski definition) is 9. The molecule has 0 radical (unpaired) electrons. The Labute approximate surface area is 324 Å². The molecule has 0 bridgehead atoms. The highest BCUT2D eigenvalue weighted by molar-refractivity contribution is 5.90. The monoisotopic (exact) mass is 762 g/mol. The van der Waals surface area contributed by atoms with Crippen molar-refractivity contribution in [3.05, 3.63) is 35.9 Å². The van der Waals surface area contributed by atoms with E-state index in [1.165, 1.54) is 0 Å². The van der Waals surface area contributed by atoms with Gasteiger partial charge in [-0.15, -0.1) is 0 Å². The summed E-state index contributed by atoms with van der Waals surface area (Å²) in [5.74, 6) is -1.91. The molecule has 1 saturated heterocycles. The molecule has 54 heavy (non-hydrogen) atoms. The van der Waals surface area contributed by atoms with Crippen LogP contribution in [-0.2, 0) is 28.7 Å². The van der Waals surface area contributed by atoms with E-state index in [9.17, 15) is 29.4 Å². The SMILES string of the molecule is CC[C@H](C)[C@@H]([C@@H](CC(=O)N1CCC[C@H]1[C@H](OC)[C@@H](C)C(=O)N[C@H](C)[C@@H](O)c1ccccc1)OC)N(C)C(=O)[C@@H](NC(=O)[C@H](C(C)C)N(C)CCO)C(C)C. The van der Waals surface area contributed by atoms with Gasteiger partial charge in [0.15, 0.2) is 0 Å². The molecule has 0 aliphatic carbocycles. The fourth-order valence-corrected chi connectivity index (χ4v) is 7.96. The van der Waals surface area contributed by atoms with E-state index in [1.807, 2.05) is 71.9 Å². The molecular formula is C41H71N5O8. The van der Waals surface area contributed by atoms with E-state index in [4.69, 9.17) is 9.47 Å². The van der Waals surface area contributed by atoms with Crippen molar-refractivity contribution < 1.29 is 38.9 Å². The molecule has 1 aliphatic heterocycles. The predicted octanol–water partition coefficient (Wildman–Crippen LogP) is 3.23. The number of likely N-dealkylation sites (N-methyl/N-ethyl adjacent to an activating group) is 2. The van der Waals surface area contributed by atoms with Crippen LogP contribution in [-0.4, -0.2) is 139 Å². The lowest BCUT2D eigenvalue weighted by atomic mass is 9.89. The van der Waals surface area contributed by atoms with Gasteiger partial charge >= 0.3 is 0 Å². The molecule has 10 atom stereocenters. The fourth-order valence-electron chi connectivity index (χ4n) is 7.96. The molecule has 1 aliphatic rings. The molecule has 4 amide bonds. The minimum absolute atomic E-state index is 0.0109. The highest BCUT2D eigenvalue weighted by Gasteiger charge is 2.43. The van der Waals surface area contributed by atoms with Gasteiger partial charge < -0.3 is 40.1 Å². The number of hydrogen-bond donors (Lipinski definition) is 4. The van der Waals surface area contributed by atoms with Crippen molar-refractivity contribution in [2.75, 3.05) is 48.0 Å². The summed E-state index contributed by atoms with van der Waals surface area (Å²) in [6, 6.07) is 6.44. The second-order valence-electron chi connectivity index (χ2n) is 15.9. The van der Waals surface area contributed by atoms with Crippen molar-refractivity contribution >= 4 is 23.6 Å². The number of carbonyl (C=O) groups excluding carboxylic acids is 4. The Morgan fingerprint density at radius 1 is 0.926 bits per heavy atom. The molecular weight excluding hydrogens is 690 g/mol. The minimum atomic E-state index is -0.884. The van der Waals surface area contributed by atoms with E-state index >= 15 is 0 Å². The highest BCUT2D eigenvalue weighted by atomic mass is 16.5. The molecule has 0 unspecified atom stereocenters. The average Bonchev–Trinajstić information content (AvgIpc) is 3.62. The molecule has 0 spiro atoms. The summed E-state index contributed by atoms with van der Waals surface area (Å²) < 4.78 is 11.9. The Hall–Kier alpha value is -3.10. The number of aliphatic hydroxyl groups excluding tert-OH is 2. The summed E-state index contributed by atoms with van der Waals surface area (Å²) in [6.07, 6.45) is 0.0245. The van der Waals surface area contributed by atoms with Gasteiger partial charge in [-0.25, -0.2) is 0 Å². The van der Waals surface area contributed by atoms with Gasteiger partial charge in [-0.2, -0.15) is 0 Å². The number of ether oxygens (including phenoxy) is 2. The third kappa shape index (κ3) is 12.2. The van der Waals surface area contributed by atoms with Crippen LogP contribution in [0, 0.1) is 23.7 Å². The van der Waals surface area contributed by atoms with Crippen molar-refractivity contribution in [1.29, 1.82) is 0 Å². The molecule has 308 valence electrons. The Kier molecular flexibility index (Phi) is 19.6. The molecule has 1 aromatic rings. The first-order valence-corrected chi connectivity index (χ1v) is 19.7. The smallest absolute Gasteiger partial charge is 0.245 e. The number of aliphatic hydroxyl groups is 2.